The molecule has 0 amide bonds. The number of hydrogen-bond acceptors (Lipinski definition) is 0. The van der Waals surface area contributed by atoms with Crippen molar-refractivity contribution in [2.45, 2.75) is 33.9 Å². The fourth-order valence-electron chi connectivity index (χ4n) is 1.45. The summed E-state index contributed by atoms with van der Waals surface area (Å²) >= 11 is 0. The third-order valence-electron chi connectivity index (χ3n) is 2.46. The smallest absolute Gasteiger partial charge is 0.0132 e. The summed E-state index contributed by atoms with van der Waals surface area (Å²) in [6.45, 7) is 11.4. The zero-order valence-corrected chi connectivity index (χ0v) is 9.08. The van der Waals surface area contributed by atoms with Gasteiger partial charge in [0.1, 0.15) is 0 Å². The van der Waals surface area contributed by atoms with Crippen molar-refractivity contribution in [1.29, 1.82) is 0 Å². The van der Waals surface area contributed by atoms with Gasteiger partial charge in [0.05, 0.1) is 0 Å². The Bertz CT molecular complexity index is 273. The molecule has 0 aromatic rings. The average molecular weight is 164 g/mol. The standard InChI is InChI=1S/C10H16Si/c1-7-6-10(11(4)5)9(3)8(7)2/h6H,1-5H3. The van der Waals surface area contributed by atoms with Gasteiger partial charge >= 0.3 is 0 Å². The lowest BCUT2D eigenvalue weighted by Crippen LogP contribution is -2.05. The van der Waals surface area contributed by atoms with Gasteiger partial charge in [-0.25, -0.2) is 0 Å². The van der Waals surface area contributed by atoms with Crippen LogP contribution in [0, 0.1) is 0 Å². The van der Waals surface area contributed by atoms with E-state index in [9.17, 15) is 0 Å². The molecule has 0 aromatic heterocycles. The van der Waals surface area contributed by atoms with E-state index in [1.807, 2.05) is 0 Å². The van der Waals surface area contributed by atoms with Crippen LogP contribution in [0.1, 0.15) is 20.8 Å². The molecule has 1 rings (SSSR count). The highest BCUT2D eigenvalue weighted by atomic mass is 28.2. The van der Waals surface area contributed by atoms with E-state index >= 15 is 0 Å². The molecule has 0 bridgehead atoms. The lowest BCUT2D eigenvalue weighted by molar-refractivity contribution is 1.34. The summed E-state index contributed by atoms with van der Waals surface area (Å²) in [5.74, 6) is 0. The van der Waals surface area contributed by atoms with Gasteiger partial charge in [0.2, 0.25) is 0 Å². The molecule has 1 aliphatic carbocycles. The molecule has 0 spiro atoms. The summed E-state index contributed by atoms with van der Waals surface area (Å²) in [6, 6.07) is 0. The van der Waals surface area contributed by atoms with Crippen LogP contribution in [0.5, 0.6) is 0 Å². The van der Waals surface area contributed by atoms with Crippen molar-refractivity contribution in [2.75, 3.05) is 0 Å². The molecule has 0 nitrogen and oxygen atoms in total. The molecule has 0 fully saturated rings. The van der Waals surface area contributed by atoms with Gasteiger partial charge in [0.25, 0.3) is 0 Å². The fourth-order valence-corrected chi connectivity index (χ4v) is 2.89. The minimum Gasteiger partial charge on any atom is -0.0563 e. The Balaban J connectivity index is 3.22. The molecular weight excluding hydrogens is 148 g/mol. The van der Waals surface area contributed by atoms with Crippen molar-refractivity contribution in [3.05, 3.63) is 22.8 Å². The number of rotatable bonds is 0. The molecule has 0 atom stereocenters. The zero-order chi connectivity index (χ0) is 8.59. The molecule has 11 heavy (non-hydrogen) atoms. The minimum absolute atomic E-state index is 0.244. The van der Waals surface area contributed by atoms with E-state index in [0.29, 0.717) is 0 Å². The second kappa shape index (κ2) is 2.90. The first kappa shape index (κ1) is 8.66. The maximum absolute atomic E-state index is 2.36. The van der Waals surface area contributed by atoms with E-state index in [4.69, 9.17) is 0 Å². The maximum atomic E-state index is 2.36. The third-order valence-corrected chi connectivity index (χ3v) is 4.05. The predicted molar refractivity (Wildman–Crippen MR) is 54.6 cm³/mol. The van der Waals surface area contributed by atoms with Crippen molar-refractivity contribution >= 4 is 13.6 Å². The average Bonchev–Trinajstić information content (AvgIpc) is 2.17. The SMILES string of the molecule is CC1=CC(=[Si](C)C)C(C)=C1C. The highest BCUT2D eigenvalue weighted by molar-refractivity contribution is 6.74. The van der Waals surface area contributed by atoms with Crippen LogP contribution in [0.25, 0.3) is 0 Å². The third kappa shape index (κ3) is 1.43. The summed E-state index contributed by atoms with van der Waals surface area (Å²) in [5.41, 5.74) is 4.48. The molecule has 0 N–H and O–H groups in total. The molecule has 0 radical (unpaired) electrons. The first-order chi connectivity index (χ1) is 5.04. The molecule has 1 heteroatoms. The Morgan fingerprint density at radius 3 is 1.73 bits per heavy atom. The lowest BCUT2D eigenvalue weighted by Gasteiger charge is -2.00. The van der Waals surface area contributed by atoms with Crippen molar-refractivity contribution in [1.82, 2.24) is 0 Å². The number of allylic oxidation sites excluding steroid dienone is 4. The van der Waals surface area contributed by atoms with Gasteiger partial charge in [0.15, 0.2) is 0 Å². The topological polar surface area (TPSA) is 0 Å². The van der Waals surface area contributed by atoms with Crippen LogP contribution in [-0.4, -0.2) is 13.6 Å². The summed E-state index contributed by atoms with van der Waals surface area (Å²) in [4.78, 5) is 0. The summed E-state index contributed by atoms with van der Waals surface area (Å²) in [6.07, 6.45) is 2.36. The Hall–Kier alpha value is -0.433. The Kier molecular flexibility index (Phi) is 2.28. The molecule has 0 heterocycles. The van der Waals surface area contributed by atoms with Crippen molar-refractivity contribution in [3.8, 4) is 0 Å². The van der Waals surface area contributed by atoms with Crippen LogP contribution in [0.2, 0.25) is 13.1 Å². The Morgan fingerprint density at radius 1 is 1.00 bits per heavy atom. The van der Waals surface area contributed by atoms with E-state index in [1.165, 1.54) is 16.7 Å². The first-order valence-corrected chi connectivity index (χ1v) is 6.58. The van der Waals surface area contributed by atoms with E-state index in [2.05, 4.69) is 39.9 Å². The Labute approximate surface area is 70.9 Å². The molecule has 0 saturated carbocycles. The van der Waals surface area contributed by atoms with Gasteiger partial charge in [-0.15, -0.1) is 0 Å². The van der Waals surface area contributed by atoms with E-state index in [0.717, 1.165) is 0 Å². The van der Waals surface area contributed by atoms with E-state index in [-0.39, 0.29) is 8.41 Å². The first-order valence-electron chi connectivity index (χ1n) is 4.08. The highest BCUT2D eigenvalue weighted by Crippen LogP contribution is 2.22. The van der Waals surface area contributed by atoms with Crippen LogP contribution < -0.4 is 0 Å². The van der Waals surface area contributed by atoms with Crippen LogP contribution >= 0.6 is 0 Å². The van der Waals surface area contributed by atoms with Crippen molar-refractivity contribution in [2.24, 2.45) is 0 Å². The van der Waals surface area contributed by atoms with Gasteiger partial charge in [-0.3, -0.25) is 0 Å². The van der Waals surface area contributed by atoms with Crippen molar-refractivity contribution in [3.63, 3.8) is 0 Å². The molecule has 1 aliphatic rings. The van der Waals surface area contributed by atoms with Gasteiger partial charge in [-0.2, -0.15) is 0 Å². The zero-order valence-electron chi connectivity index (χ0n) is 8.08. The molecule has 0 aliphatic heterocycles. The predicted octanol–water partition coefficient (Wildman–Crippen LogP) is 2.79. The highest BCUT2D eigenvalue weighted by Gasteiger charge is 2.11. The van der Waals surface area contributed by atoms with Crippen molar-refractivity contribution < 1.29 is 0 Å². The van der Waals surface area contributed by atoms with Gasteiger partial charge < -0.3 is 0 Å². The summed E-state index contributed by atoms with van der Waals surface area (Å²) in [5, 5.41) is 1.62. The molecule has 0 saturated heterocycles. The minimum atomic E-state index is -0.244. The van der Waals surface area contributed by atoms with Gasteiger partial charge in [-0.05, 0) is 42.7 Å². The number of hydrogen-bond donors (Lipinski definition) is 0. The summed E-state index contributed by atoms with van der Waals surface area (Å²) in [7, 11) is -0.244. The molecule has 0 unspecified atom stereocenters. The largest absolute Gasteiger partial charge is 0.0563 e. The van der Waals surface area contributed by atoms with Gasteiger partial charge in [0, 0.05) is 8.41 Å². The van der Waals surface area contributed by atoms with Crippen LogP contribution in [0.4, 0.5) is 0 Å². The lowest BCUT2D eigenvalue weighted by atomic mass is 10.1. The van der Waals surface area contributed by atoms with Crippen LogP contribution in [0.15, 0.2) is 22.8 Å². The fraction of sp³-hybridized carbons (Fsp3) is 0.500. The molecule has 60 valence electrons. The second-order valence-electron chi connectivity index (χ2n) is 3.49. The molecule has 0 aromatic carbocycles. The van der Waals surface area contributed by atoms with E-state index in [1.54, 1.807) is 5.17 Å². The summed E-state index contributed by atoms with van der Waals surface area (Å²) < 4.78 is 0. The van der Waals surface area contributed by atoms with Crippen LogP contribution in [-0.2, 0) is 0 Å². The monoisotopic (exact) mass is 164 g/mol. The normalized spacial score (nSPS) is 17.5. The van der Waals surface area contributed by atoms with E-state index < -0.39 is 0 Å². The van der Waals surface area contributed by atoms with Crippen LogP contribution in [0.3, 0.4) is 0 Å². The quantitative estimate of drug-likeness (QED) is 0.483. The molecular formula is C10H16Si. The Morgan fingerprint density at radius 2 is 1.55 bits per heavy atom. The van der Waals surface area contributed by atoms with Gasteiger partial charge in [-0.1, -0.05) is 19.2 Å². The maximum Gasteiger partial charge on any atom is 0.0132 e. The second-order valence-corrected chi connectivity index (χ2v) is 6.03.